The maximum Gasteiger partial charge on any atom is 0.146 e. The van der Waals surface area contributed by atoms with Crippen LogP contribution in [0.1, 0.15) is 46.5 Å². The Kier molecular flexibility index (Phi) is 2.29. The van der Waals surface area contributed by atoms with Gasteiger partial charge in [0.1, 0.15) is 6.29 Å². The van der Waals surface area contributed by atoms with E-state index >= 15 is 0 Å². The van der Waals surface area contributed by atoms with Crippen molar-refractivity contribution in [2.45, 2.75) is 46.5 Å². The lowest BCUT2D eigenvalue weighted by Gasteiger charge is -2.36. The van der Waals surface area contributed by atoms with Crippen molar-refractivity contribution in [3.8, 4) is 0 Å². The minimum atomic E-state index is 0.336. The van der Waals surface area contributed by atoms with Crippen LogP contribution in [0.4, 0.5) is 0 Å². The van der Waals surface area contributed by atoms with Crippen molar-refractivity contribution >= 4 is 6.29 Å². The van der Waals surface area contributed by atoms with Gasteiger partial charge in [-0.3, -0.25) is 4.79 Å². The summed E-state index contributed by atoms with van der Waals surface area (Å²) in [6, 6.07) is 0. The highest BCUT2D eigenvalue weighted by atomic mass is 16.1. The van der Waals surface area contributed by atoms with Crippen molar-refractivity contribution in [3.05, 3.63) is 11.1 Å². The summed E-state index contributed by atoms with van der Waals surface area (Å²) < 4.78 is 0. The lowest BCUT2D eigenvalue weighted by Crippen LogP contribution is -2.26. The Bertz CT molecular complexity index is 286. The van der Waals surface area contributed by atoms with Crippen LogP contribution in [-0.4, -0.2) is 6.29 Å². The van der Waals surface area contributed by atoms with Crippen LogP contribution in [0.3, 0.4) is 0 Å². The van der Waals surface area contributed by atoms with Gasteiger partial charge < -0.3 is 0 Å². The van der Waals surface area contributed by atoms with Crippen molar-refractivity contribution in [2.24, 2.45) is 17.3 Å². The van der Waals surface area contributed by atoms with Crippen LogP contribution in [0.2, 0.25) is 0 Å². The molecule has 1 heteroatoms. The van der Waals surface area contributed by atoms with E-state index in [2.05, 4.69) is 20.8 Å². The third-order valence-electron chi connectivity index (χ3n) is 4.00. The first-order valence-corrected chi connectivity index (χ1v) is 5.70. The quantitative estimate of drug-likeness (QED) is 0.582. The molecule has 1 fully saturated rings. The Morgan fingerprint density at radius 2 is 2.14 bits per heavy atom. The molecule has 1 nitrogen and oxygen atoms in total. The van der Waals surface area contributed by atoms with Crippen LogP contribution in [-0.2, 0) is 4.79 Å². The Balaban J connectivity index is 2.36. The lowest BCUT2D eigenvalue weighted by molar-refractivity contribution is -0.105. The zero-order valence-corrected chi connectivity index (χ0v) is 9.47. The number of carbonyl (C=O) groups is 1. The van der Waals surface area contributed by atoms with E-state index in [4.69, 9.17) is 0 Å². The van der Waals surface area contributed by atoms with Gasteiger partial charge in [0.15, 0.2) is 0 Å². The topological polar surface area (TPSA) is 17.1 Å². The number of hydrogen-bond donors (Lipinski definition) is 0. The molecule has 14 heavy (non-hydrogen) atoms. The molecule has 0 aliphatic heterocycles. The summed E-state index contributed by atoms with van der Waals surface area (Å²) in [5.41, 5.74) is 2.95. The Morgan fingerprint density at radius 3 is 2.79 bits per heavy atom. The van der Waals surface area contributed by atoms with E-state index in [0.717, 1.165) is 24.2 Å². The number of aldehydes is 1. The van der Waals surface area contributed by atoms with E-state index in [-0.39, 0.29) is 0 Å². The van der Waals surface area contributed by atoms with Gasteiger partial charge in [-0.05, 0) is 48.5 Å². The van der Waals surface area contributed by atoms with Gasteiger partial charge in [0.2, 0.25) is 0 Å². The highest BCUT2D eigenvalue weighted by Crippen LogP contribution is 2.50. The summed E-state index contributed by atoms with van der Waals surface area (Å²) in [7, 11) is 0. The Labute approximate surface area is 86.6 Å². The normalized spacial score (nSPS) is 35.6. The summed E-state index contributed by atoms with van der Waals surface area (Å²) in [4.78, 5) is 11.0. The first-order valence-electron chi connectivity index (χ1n) is 5.70. The van der Waals surface area contributed by atoms with E-state index in [1.807, 2.05) is 0 Å². The third-order valence-corrected chi connectivity index (χ3v) is 4.00. The lowest BCUT2D eigenvalue weighted by atomic mass is 9.69. The van der Waals surface area contributed by atoms with Crippen molar-refractivity contribution < 1.29 is 4.79 Å². The van der Waals surface area contributed by atoms with Gasteiger partial charge in [-0.2, -0.15) is 0 Å². The largest absolute Gasteiger partial charge is 0.298 e. The molecule has 0 spiro atoms. The molecule has 0 aromatic heterocycles. The van der Waals surface area contributed by atoms with E-state index in [9.17, 15) is 4.79 Å². The van der Waals surface area contributed by atoms with E-state index < -0.39 is 0 Å². The average Bonchev–Trinajstić information content (AvgIpc) is 2.45. The molecule has 0 aromatic rings. The van der Waals surface area contributed by atoms with Crippen LogP contribution >= 0.6 is 0 Å². The second kappa shape index (κ2) is 3.22. The molecular weight excluding hydrogens is 172 g/mol. The molecule has 2 unspecified atom stereocenters. The van der Waals surface area contributed by atoms with Gasteiger partial charge in [0, 0.05) is 0 Å². The molecular formula is C13H20O. The zero-order valence-electron chi connectivity index (χ0n) is 9.47. The number of carbonyl (C=O) groups excluding carboxylic acids is 1. The van der Waals surface area contributed by atoms with Gasteiger partial charge in [-0.1, -0.05) is 26.3 Å². The van der Waals surface area contributed by atoms with Crippen molar-refractivity contribution in [2.75, 3.05) is 0 Å². The molecule has 2 rings (SSSR count). The second-order valence-corrected chi connectivity index (χ2v) is 5.84. The van der Waals surface area contributed by atoms with E-state index in [0.29, 0.717) is 11.3 Å². The maximum absolute atomic E-state index is 11.0. The summed E-state index contributed by atoms with van der Waals surface area (Å²) in [6.07, 6.45) is 5.85. The van der Waals surface area contributed by atoms with E-state index in [1.54, 1.807) is 0 Å². The first kappa shape index (κ1) is 9.95. The monoisotopic (exact) mass is 192 g/mol. The molecule has 1 saturated carbocycles. The number of rotatable bonds is 1. The highest BCUT2D eigenvalue weighted by Gasteiger charge is 2.39. The predicted molar refractivity (Wildman–Crippen MR) is 58.0 cm³/mol. The zero-order chi connectivity index (χ0) is 10.3. The van der Waals surface area contributed by atoms with Crippen molar-refractivity contribution in [1.29, 1.82) is 0 Å². The van der Waals surface area contributed by atoms with E-state index in [1.165, 1.54) is 24.8 Å². The molecule has 2 aliphatic rings. The molecule has 0 aromatic carbocycles. The molecule has 2 aliphatic carbocycles. The third kappa shape index (κ3) is 1.53. The van der Waals surface area contributed by atoms with Crippen LogP contribution in [0, 0.1) is 17.3 Å². The van der Waals surface area contributed by atoms with Gasteiger partial charge in [0.05, 0.1) is 0 Å². The highest BCUT2D eigenvalue weighted by molar-refractivity contribution is 5.75. The number of fused-ring (bicyclic) bond motifs is 1. The smallest absolute Gasteiger partial charge is 0.146 e. The van der Waals surface area contributed by atoms with Crippen LogP contribution in [0.15, 0.2) is 11.1 Å². The molecule has 0 heterocycles. The van der Waals surface area contributed by atoms with Gasteiger partial charge in [0.25, 0.3) is 0 Å². The standard InChI is InChI=1S/C13H20O/c1-9-4-5-11-10(8-14)6-13(2,3)7-12(9)11/h8-9,12H,4-7H2,1-3H3. The molecule has 0 bridgehead atoms. The summed E-state index contributed by atoms with van der Waals surface area (Å²) >= 11 is 0. The molecule has 78 valence electrons. The maximum atomic E-state index is 11.0. The summed E-state index contributed by atoms with van der Waals surface area (Å²) in [5, 5.41) is 0. The Morgan fingerprint density at radius 1 is 1.43 bits per heavy atom. The molecule has 0 amide bonds. The van der Waals surface area contributed by atoms with Crippen molar-refractivity contribution in [3.63, 3.8) is 0 Å². The van der Waals surface area contributed by atoms with Gasteiger partial charge >= 0.3 is 0 Å². The van der Waals surface area contributed by atoms with Crippen molar-refractivity contribution in [1.82, 2.24) is 0 Å². The van der Waals surface area contributed by atoms with Gasteiger partial charge in [-0.15, -0.1) is 0 Å². The first-order chi connectivity index (χ1) is 6.53. The average molecular weight is 192 g/mol. The summed E-state index contributed by atoms with van der Waals surface area (Å²) in [6.45, 7) is 6.91. The second-order valence-electron chi connectivity index (χ2n) is 5.84. The minimum Gasteiger partial charge on any atom is -0.298 e. The van der Waals surface area contributed by atoms with Gasteiger partial charge in [-0.25, -0.2) is 0 Å². The minimum absolute atomic E-state index is 0.336. The SMILES string of the molecule is CC1CCC2=C(C=O)CC(C)(C)CC21. The van der Waals surface area contributed by atoms with Crippen LogP contribution in [0.25, 0.3) is 0 Å². The number of hydrogen-bond acceptors (Lipinski definition) is 1. The fourth-order valence-electron chi connectivity index (χ4n) is 3.25. The van der Waals surface area contributed by atoms with Crippen LogP contribution in [0.5, 0.6) is 0 Å². The fourth-order valence-corrected chi connectivity index (χ4v) is 3.25. The predicted octanol–water partition coefficient (Wildman–Crippen LogP) is 3.35. The fraction of sp³-hybridized carbons (Fsp3) is 0.769. The number of allylic oxidation sites excluding steroid dienone is 2. The molecule has 2 atom stereocenters. The molecule has 0 radical (unpaired) electrons. The Hall–Kier alpha value is -0.590. The molecule has 0 saturated heterocycles. The molecule has 0 N–H and O–H groups in total. The summed E-state index contributed by atoms with van der Waals surface area (Å²) in [5.74, 6) is 1.50. The van der Waals surface area contributed by atoms with Crippen LogP contribution < -0.4 is 0 Å².